The van der Waals surface area contributed by atoms with E-state index in [2.05, 4.69) is 18.7 Å². The lowest BCUT2D eigenvalue weighted by Gasteiger charge is -2.41. The molecule has 0 bridgehead atoms. The first-order valence-electron chi connectivity index (χ1n) is 7.49. The molecule has 1 aliphatic carbocycles. The van der Waals surface area contributed by atoms with Gasteiger partial charge in [0.15, 0.2) is 5.78 Å². The summed E-state index contributed by atoms with van der Waals surface area (Å²) in [6.07, 6.45) is 7.29. The predicted molar refractivity (Wildman–Crippen MR) is 72.7 cm³/mol. The molecule has 3 heteroatoms. The Morgan fingerprint density at radius 3 is 2.17 bits per heavy atom. The molecule has 18 heavy (non-hydrogen) atoms. The lowest BCUT2D eigenvalue weighted by Crippen LogP contribution is -2.56. The number of hydrogen-bond acceptors (Lipinski definition) is 3. The SMILES string of the molecule is CC(C)(C(=O)C1CCCCCC1)N1CCOCC1. The van der Waals surface area contributed by atoms with Crippen LogP contribution in [0.2, 0.25) is 0 Å². The summed E-state index contributed by atoms with van der Waals surface area (Å²) in [4.78, 5) is 15.1. The highest BCUT2D eigenvalue weighted by Gasteiger charge is 2.38. The third-order valence-electron chi connectivity index (χ3n) is 4.63. The molecule has 0 unspecified atom stereocenters. The first kappa shape index (κ1) is 14.0. The van der Waals surface area contributed by atoms with Crippen molar-refractivity contribution in [3.8, 4) is 0 Å². The second kappa shape index (κ2) is 6.16. The molecule has 1 aliphatic heterocycles. The normalized spacial score (nSPS) is 24.8. The first-order valence-corrected chi connectivity index (χ1v) is 7.49. The number of carbonyl (C=O) groups is 1. The van der Waals surface area contributed by atoms with E-state index < -0.39 is 0 Å². The fraction of sp³-hybridized carbons (Fsp3) is 0.933. The largest absolute Gasteiger partial charge is 0.379 e. The summed E-state index contributed by atoms with van der Waals surface area (Å²) in [5.41, 5.74) is -0.307. The molecule has 0 aromatic carbocycles. The molecular formula is C15H27NO2. The second-order valence-electron chi connectivity index (χ2n) is 6.21. The van der Waals surface area contributed by atoms with Gasteiger partial charge in [-0.3, -0.25) is 9.69 Å². The van der Waals surface area contributed by atoms with Crippen molar-refractivity contribution in [1.29, 1.82) is 0 Å². The number of morpholine rings is 1. The van der Waals surface area contributed by atoms with Crippen molar-refractivity contribution in [2.45, 2.75) is 57.9 Å². The van der Waals surface area contributed by atoms with Crippen LogP contribution in [0.5, 0.6) is 0 Å². The van der Waals surface area contributed by atoms with Crippen LogP contribution >= 0.6 is 0 Å². The van der Waals surface area contributed by atoms with E-state index in [1.165, 1.54) is 25.7 Å². The molecular weight excluding hydrogens is 226 g/mol. The van der Waals surface area contributed by atoms with Gasteiger partial charge >= 0.3 is 0 Å². The summed E-state index contributed by atoms with van der Waals surface area (Å²) in [6.45, 7) is 7.52. The summed E-state index contributed by atoms with van der Waals surface area (Å²) >= 11 is 0. The molecule has 2 fully saturated rings. The van der Waals surface area contributed by atoms with E-state index in [-0.39, 0.29) is 5.54 Å². The van der Waals surface area contributed by atoms with Crippen molar-refractivity contribution in [3.05, 3.63) is 0 Å². The average Bonchev–Trinajstić information content (AvgIpc) is 2.67. The second-order valence-corrected chi connectivity index (χ2v) is 6.21. The standard InChI is InChI=1S/C15H27NO2/c1-15(2,16-9-11-18-12-10-16)14(17)13-7-5-3-4-6-8-13/h13H,3-12H2,1-2H3. The minimum Gasteiger partial charge on any atom is -0.379 e. The van der Waals surface area contributed by atoms with Gasteiger partial charge in [0.25, 0.3) is 0 Å². The molecule has 0 aromatic heterocycles. The van der Waals surface area contributed by atoms with Crippen molar-refractivity contribution in [2.75, 3.05) is 26.3 Å². The molecule has 1 saturated heterocycles. The minimum atomic E-state index is -0.307. The molecule has 0 N–H and O–H groups in total. The van der Waals surface area contributed by atoms with Crippen molar-refractivity contribution >= 4 is 5.78 Å². The van der Waals surface area contributed by atoms with Crippen molar-refractivity contribution < 1.29 is 9.53 Å². The number of hydrogen-bond donors (Lipinski definition) is 0. The zero-order valence-corrected chi connectivity index (χ0v) is 11.9. The maximum absolute atomic E-state index is 12.8. The smallest absolute Gasteiger partial charge is 0.155 e. The highest BCUT2D eigenvalue weighted by molar-refractivity contribution is 5.89. The van der Waals surface area contributed by atoms with Gasteiger partial charge in [0, 0.05) is 19.0 Å². The monoisotopic (exact) mass is 253 g/mol. The first-order chi connectivity index (χ1) is 8.62. The van der Waals surface area contributed by atoms with E-state index >= 15 is 0 Å². The average molecular weight is 253 g/mol. The molecule has 104 valence electrons. The van der Waals surface area contributed by atoms with E-state index in [1.807, 2.05) is 0 Å². The summed E-state index contributed by atoms with van der Waals surface area (Å²) in [5, 5.41) is 0. The lowest BCUT2D eigenvalue weighted by atomic mass is 9.83. The van der Waals surface area contributed by atoms with Gasteiger partial charge in [-0.15, -0.1) is 0 Å². The molecule has 0 atom stereocenters. The van der Waals surface area contributed by atoms with Gasteiger partial charge in [-0.25, -0.2) is 0 Å². The number of Topliss-reactive ketones (excluding diaryl/α,β-unsaturated/α-hetero) is 1. The molecule has 2 aliphatic rings. The molecule has 3 nitrogen and oxygen atoms in total. The van der Waals surface area contributed by atoms with Gasteiger partial charge in [-0.2, -0.15) is 0 Å². The van der Waals surface area contributed by atoms with Crippen LogP contribution in [0, 0.1) is 5.92 Å². The Kier molecular flexibility index (Phi) is 4.79. The van der Waals surface area contributed by atoms with Crippen LogP contribution in [0.4, 0.5) is 0 Å². The van der Waals surface area contributed by atoms with Gasteiger partial charge in [0.1, 0.15) is 0 Å². The Morgan fingerprint density at radius 1 is 1.06 bits per heavy atom. The predicted octanol–water partition coefficient (Wildman–Crippen LogP) is 2.64. The van der Waals surface area contributed by atoms with Gasteiger partial charge in [-0.1, -0.05) is 25.7 Å². The van der Waals surface area contributed by atoms with Gasteiger partial charge in [0.05, 0.1) is 18.8 Å². The molecule has 0 spiro atoms. The van der Waals surface area contributed by atoms with Gasteiger partial charge in [-0.05, 0) is 26.7 Å². The lowest BCUT2D eigenvalue weighted by molar-refractivity contribution is -0.136. The molecule has 0 amide bonds. The van der Waals surface area contributed by atoms with Crippen LogP contribution in [0.3, 0.4) is 0 Å². The zero-order chi connectivity index (χ0) is 13.0. The van der Waals surface area contributed by atoms with E-state index in [4.69, 9.17) is 4.74 Å². The van der Waals surface area contributed by atoms with Crippen molar-refractivity contribution in [1.82, 2.24) is 4.90 Å². The topological polar surface area (TPSA) is 29.5 Å². The third kappa shape index (κ3) is 3.12. The Labute approximate surface area is 111 Å². The summed E-state index contributed by atoms with van der Waals surface area (Å²) in [6, 6.07) is 0. The van der Waals surface area contributed by atoms with Gasteiger partial charge < -0.3 is 4.74 Å². The Morgan fingerprint density at radius 2 is 1.61 bits per heavy atom. The third-order valence-corrected chi connectivity index (χ3v) is 4.63. The Bertz CT molecular complexity index is 274. The Balaban J connectivity index is 2.00. The van der Waals surface area contributed by atoms with Crippen LogP contribution in [0.25, 0.3) is 0 Å². The zero-order valence-electron chi connectivity index (χ0n) is 11.9. The van der Waals surface area contributed by atoms with E-state index in [1.54, 1.807) is 0 Å². The maximum atomic E-state index is 12.8. The van der Waals surface area contributed by atoms with Crippen LogP contribution in [-0.4, -0.2) is 42.5 Å². The van der Waals surface area contributed by atoms with Crippen LogP contribution in [-0.2, 0) is 9.53 Å². The number of carbonyl (C=O) groups excluding carboxylic acids is 1. The highest BCUT2D eigenvalue weighted by Crippen LogP contribution is 2.30. The molecule has 0 aromatic rings. The Hall–Kier alpha value is -0.410. The highest BCUT2D eigenvalue weighted by atomic mass is 16.5. The number of rotatable bonds is 3. The van der Waals surface area contributed by atoms with Crippen LogP contribution in [0.1, 0.15) is 52.4 Å². The maximum Gasteiger partial charge on any atom is 0.155 e. The molecule has 1 heterocycles. The fourth-order valence-electron chi connectivity index (χ4n) is 3.32. The summed E-state index contributed by atoms with van der Waals surface area (Å²) in [5.74, 6) is 0.761. The number of nitrogens with zero attached hydrogens (tertiary/aromatic N) is 1. The fourth-order valence-corrected chi connectivity index (χ4v) is 3.32. The van der Waals surface area contributed by atoms with E-state index in [0.29, 0.717) is 11.7 Å². The van der Waals surface area contributed by atoms with E-state index in [9.17, 15) is 4.79 Å². The molecule has 2 rings (SSSR count). The molecule has 0 radical (unpaired) electrons. The van der Waals surface area contributed by atoms with Crippen molar-refractivity contribution in [3.63, 3.8) is 0 Å². The van der Waals surface area contributed by atoms with Crippen LogP contribution < -0.4 is 0 Å². The minimum absolute atomic E-state index is 0.297. The number of ether oxygens (including phenoxy) is 1. The quantitative estimate of drug-likeness (QED) is 0.724. The van der Waals surface area contributed by atoms with E-state index in [0.717, 1.165) is 39.1 Å². The number of ketones is 1. The van der Waals surface area contributed by atoms with Crippen molar-refractivity contribution in [2.24, 2.45) is 5.92 Å². The molecule has 1 saturated carbocycles. The summed E-state index contributed by atoms with van der Waals surface area (Å²) < 4.78 is 5.39. The summed E-state index contributed by atoms with van der Waals surface area (Å²) in [7, 11) is 0. The van der Waals surface area contributed by atoms with Crippen LogP contribution in [0.15, 0.2) is 0 Å². The van der Waals surface area contributed by atoms with Gasteiger partial charge in [0.2, 0.25) is 0 Å².